The second kappa shape index (κ2) is 10.3. The summed E-state index contributed by atoms with van der Waals surface area (Å²) in [7, 11) is 0. The van der Waals surface area contributed by atoms with Crippen LogP contribution in [-0.2, 0) is 6.42 Å². The van der Waals surface area contributed by atoms with E-state index in [1.165, 1.54) is 17.4 Å². The van der Waals surface area contributed by atoms with E-state index in [0.717, 1.165) is 46.9 Å². The molecule has 6 rings (SSSR count). The van der Waals surface area contributed by atoms with Crippen molar-refractivity contribution in [1.82, 2.24) is 4.98 Å². The third-order valence-corrected chi connectivity index (χ3v) is 8.86. The van der Waals surface area contributed by atoms with Crippen LogP contribution >= 0.6 is 11.3 Å². The number of fused-ring (bicyclic) bond motifs is 3. The minimum atomic E-state index is -0.460. The summed E-state index contributed by atoms with van der Waals surface area (Å²) in [4.78, 5) is 37.2. The molecule has 1 fully saturated rings. The van der Waals surface area contributed by atoms with Crippen molar-refractivity contribution in [2.24, 2.45) is 0 Å². The lowest BCUT2D eigenvalue weighted by Crippen LogP contribution is -2.48. The van der Waals surface area contributed by atoms with Gasteiger partial charge in [0.2, 0.25) is 0 Å². The first-order valence-electron chi connectivity index (χ1n) is 13.3. The van der Waals surface area contributed by atoms with Gasteiger partial charge in [-0.2, -0.15) is 0 Å². The monoisotopic (exact) mass is 540 g/mol. The van der Waals surface area contributed by atoms with Crippen LogP contribution in [0.1, 0.15) is 51.1 Å². The maximum atomic E-state index is 14.3. The van der Waals surface area contributed by atoms with E-state index in [-0.39, 0.29) is 17.5 Å². The molecule has 2 amide bonds. The van der Waals surface area contributed by atoms with Gasteiger partial charge in [0.15, 0.2) is 0 Å². The van der Waals surface area contributed by atoms with Gasteiger partial charge in [-0.3, -0.25) is 9.59 Å². The summed E-state index contributed by atoms with van der Waals surface area (Å²) in [5.41, 5.74) is 3.97. The van der Waals surface area contributed by atoms with Gasteiger partial charge in [-0.1, -0.05) is 43.3 Å². The number of amides is 2. The van der Waals surface area contributed by atoms with E-state index in [1.54, 1.807) is 30.0 Å². The molecule has 8 heteroatoms. The molecular formula is C31H29FN4O2S. The van der Waals surface area contributed by atoms with Crippen molar-refractivity contribution in [3.8, 4) is 10.4 Å². The van der Waals surface area contributed by atoms with Crippen LogP contribution in [0.15, 0.2) is 66.7 Å². The van der Waals surface area contributed by atoms with E-state index in [4.69, 9.17) is 4.98 Å². The van der Waals surface area contributed by atoms with Crippen molar-refractivity contribution < 1.29 is 14.0 Å². The number of carbonyl (C=O) groups is 2. The first-order valence-corrected chi connectivity index (χ1v) is 14.1. The molecule has 0 unspecified atom stereocenters. The van der Waals surface area contributed by atoms with Crippen LogP contribution in [0.25, 0.3) is 10.4 Å². The number of carbonyl (C=O) groups excluding carboxylic acids is 2. The number of thiophene rings is 1. The second-order valence-electron chi connectivity index (χ2n) is 10.00. The zero-order valence-electron chi connectivity index (χ0n) is 21.9. The number of nitrogens with one attached hydrogen (secondary N) is 1. The van der Waals surface area contributed by atoms with Crippen molar-refractivity contribution in [2.75, 3.05) is 28.2 Å². The summed E-state index contributed by atoms with van der Waals surface area (Å²) in [6.07, 6.45) is 2.79. The minimum Gasteiger partial charge on any atom is -0.353 e. The van der Waals surface area contributed by atoms with E-state index in [9.17, 15) is 14.0 Å². The molecule has 1 N–H and O–H groups in total. The van der Waals surface area contributed by atoms with Gasteiger partial charge < -0.3 is 15.1 Å². The predicted molar refractivity (Wildman–Crippen MR) is 155 cm³/mol. The molecule has 0 aliphatic carbocycles. The maximum absolute atomic E-state index is 14.3. The Labute approximate surface area is 231 Å². The fraction of sp³-hybridized carbons (Fsp3) is 0.258. The quantitative estimate of drug-likeness (QED) is 0.306. The highest BCUT2D eigenvalue weighted by Crippen LogP contribution is 2.42. The van der Waals surface area contributed by atoms with Crippen molar-refractivity contribution in [2.45, 2.75) is 39.2 Å². The molecule has 2 aliphatic rings. The smallest absolute Gasteiger partial charge is 0.276 e. The Bertz CT molecular complexity index is 1560. The normalized spacial score (nSPS) is 16.1. The number of hydrogen-bond acceptors (Lipinski definition) is 5. The SMILES string of the molecule is CC[C@H]1CCN1c1cccc(C(=O)N2CCc3cc(C(=O)Nc4c(C)cccc4F)sc3-c3ccccc32)n1. The molecule has 0 radical (unpaired) electrons. The molecule has 0 saturated carbocycles. The summed E-state index contributed by atoms with van der Waals surface area (Å²) in [5.74, 6) is -0.0926. The lowest BCUT2D eigenvalue weighted by atomic mass is 10.0. The number of rotatable bonds is 5. The summed E-state index contributed by atoms with van der Waals surface area (Å²) >= 11 is 1.36. The summed E-state index contributed by atoms with van der Waals surface area (Å²) in [6.45, 7) is 5.36. The molecule has 2 aromatic carbocycles. The second-order valence-corrected chi connectivity index (χ2v) is 11.1. The van der Waals surface area contributed by atoms with Gasteiger partial charge in [0.05, 0.1) is 16.3 Å². The van der Waals surface area contributed by atoms with E-state index < -0.39 is 5.82 Å². The molecule has 2 aliphatic heterocycles. The molecule has 198 valence electrons. The van der Waals surface area contributed by atoms with E-state index in [0.29, 0.717) is 35.1 Å². The van der Waals surface area contributed by atoms with E-state index >= 15 is 0 Å². The molecule has 1 saturated heterocycles. The largest absolute Gasteiger partial charge is 0.353 e. The number of pyridine rings is 1. The first-order chi connectivity index (χ1) is 18.9. The Morgan fingerprint density at radius 1 is 1.08 bits per heavy atom. The van der Waals surface area contributed by atoms with Crippen LogP contribution in [0.5, 0.6) is 0 Å². The highest BCUT2D eigenvalue weighted by molar-refractivity contribution is 7.17. The number of hydrogen-bond donors (Lipinski definition) is 1. The Hall–Kier alpha value is -4.04. The molecular weight excluding hydrogens is 511 g/mol. The average molecular weight is 541 g/mol. The van der Waals surface area contributed by atoms with Gasteiger partial charge in [0, 0.05) is 29.6 Å². The van der Waals surface area contributed by atoms with Crippen molar-refractivity contribution in [3.63, 3.8) is 0 Å². The zero-order valence-corrected chi connectivity index (χ0v) is 22.7. The van der Waals surface area contributed by atoms with Crippen LogP contribution in [0.2, 0.25) is 0 Å². The third-order valence-electron chi connectivity index (χ3n) is 7.65. The third kappa shape index (κ3) is 4.59. The number of benzene rings is 2. The Morgan fingerprint density at radius 3 is 2.67 bits per heavy atom. The van der Waals surface area contributed by atoms with Crippen molar-refractivity contribution in [3.05, 3.63) is 94.2 Å². The number of halogens is 1. The van der Waals surface area contributed by atoms with Crippen molar-refractivity contribution in [1.29, 1.82) is 0 Å². The molecule has 1 atom stereocenters. The van der Waals surface area contributed by atoms with E-state index in [2.05, 4.69) is 17.1 Å². The van der Waals surface area contributed by atoms with Gasteiger partial charge in [-0.15, -0.1) is 11.3 Å². The van der Waals surface area contributed by atoms with Crippen LogP contribution in [0.4, 0.5) is 21.6 Å². The van der Waals surface area contributed by atoms with Gasteiger partial charge in [0.1, 0.15) is 17.3 Å². The summed E-state index contributed by atoms with van der Waals surface area (Å²) < 4.78 is 14.3. The van der Waals surface area contributed by atoms with Crippen molar-refractivity contribution >= 4 is 40.3 Å². The lowest BCUT2D eigenvalue weighted by Gasteiger charge is -2.41. The molecule has 4 aromatic rings. The average Bonchev–Trinajstić information content (AvgIpc) is 3.29. The highest BCUT2D eigenvalue weighted by Gasteiger charge is 2.30. The van der Waals surface area contributed by atoms with Crippen LogP contribution in [-0.4, -0.2) is 35.9 Å². The van der Waals surface area contributed by atoms with E-state index in [1.807, 2.05) is 42.5 Å². The van der Waals surface area contributed by atoms with Gasteiger partial charge in [-0.05, 0) is 67.6 Å². The highest BCUT2D eigenvalue weighted by atomic mass is 32.1. The number of aryl methyl sites for hydroxylation is 1. The lowest BCUT2D eigenvalue weighted by molar-refractivity contribution is 0.0981. The zero-order chi connectivity index (χ0) is 27.1. The predicted octanol–water partition coefficient (Wildman–Crippen LogP) is 6.70. The number of aromatic nitrogens is 1. The molecule has 39 heavy (non-hydrogen) atoms. The summed E-state index contributed by atoms with van der Waals surface area (Å²) in [5, 5.41) is 2.74. The fourth-order valence-corrected chi connectivity index (χ4v) is 6.53. The maximum Gasteiger partial charge on any atom is 0.276 e. The Kier molecular flexibility index (Phi) is 6.64. The molecule has 0 spiro atoms. The Morgan fingerprint density at radius 2 is 1.90 bits per heavy atom. The summed E-state index contributed by atoms with van der Waals surface area (Å²) in [6, 6.07) is 20.5. The van der Waals surface area contributed by atoms with Crippen LogP contribution in [0, 0.1) is 12.7 Å². The number of anilines is 3. The first kappa shape index (κ1) is 25.2. The number of para-hydroxylation sites is 2. The molecule has 2 aromatic heterocycles. The topological polar surface area (TPSA) is 65.5 Å². The standard InChI is InChI=1S/C31H29FN4O2S/c1-3-21-15-17-35(21)27-13-7-11-24(33-27)31(38)36-16-14-20-18-26(39-29(20)22-9-4-5-12-25(22)36)30(37)34-28-19(2)8-6-10-23(28)32/h4-13,18,21H,3,14-17H2,1-2H3,(H,34,37)/t21-/m0/s1. The Balaban J connectivity index is 1.30. The van der Waals surface area contributed by atoms with Gasteiger partial charge in [0.25, 0.3) is 11.8 Å². The number of nitrogens with zero attached hydrogens (tertiary/aromatic N) is 3. The molecule has 0 bridgehead atoms. The molecule has 4 heterocycles. The van der Waals surface area contributed by atoms with Crippen LogP contribution in [0.3, 0.4) is 0 Å². The van der Waals surface area contributed by atoms with Crippen LogP contribution < -0.4 is 15.1 Å². The minimum absolute atomic E-state index is 0.138. The molecule has 6 nitrogen and oxygen atoms in total. The fourth-order valence-electron chi connectivity index (χ4n) is 5.39. The van der Waals surface area contributed by atoms with Gasteiger partial charge in [-0.25, -0.2) is 9.37 Å². The van der Waals surface area contributed by atoms with Gasteiger partial charge >= 0.3 is 0 Å².